The van der Waals surface area contributed by atoms with Crippen molar-refractivity contribution in [2.24, 2.45) is 0 Å². The Morgan fingerprint density at radius 1 is 0.245 bits per heavy atom. The van der Waals surface area contributed by atoms with Crippen LogP contribution in [0.2, 0.25) is 0 Å². The molecule has 0 unspecified atom stereocenters. The predicted molar refractivity (Wildman–Crippen MR) is 361 cm³/mol. The monoisotopic (exact) mass is 1320 g/mol. The minimum Gasteiger partial charge on any atom is -0.508 e. The van der Waals surface area contributed by atoms with E-state index < -0.39 is 45.4 Å². The van der Waals surface area contributed by atoms with Crippen molar-refractivity contribution in [2.45, 2.75) is 0 Å². The molecule has 0 radical (unpaired) electrons. The predicted octanol–water partition coefficient (Wildman–Crippen LogP) is 13.5. The van der Waals surface area contributed by atoms with Crippen molar-refractivity contribution >= 4 is 54.8 Å². The average molecular weight is 1320 g/mol. The summed E-state index contributed by atoms with van der Waals surface area (Å²) in [5.74, 6) is -2.72. The number of fused-ring (bicyclic) bond motifs is 5. The van der Waals surface area contributed by atoms with Crippen LogP contribution in [0.15, 0.2) is 271 Å². The Balaban J connectivity index is 0.000000124. The van der Waals surface area contributed by atoms with Crippen molar-refractivity contribution in [3.05, 3.63) is 276 Å². The number of phenolic OH excluding ortho intramolecular Hbond substituents is 11. The maximum absolute atomic E-state index is 12.1. The van der Waals surface area contributed by atoms with Crippen molar-refractivity contribution in [1.29, 1.82) is 0 Å². The summed E-state index contributed by atoms with van der Waals surface area (Å²) in [4.78, 5) is 60.1. The van der Waals surface area contributed by atoms with Crippen molar-refractivity contribution in [2.75, 3.05) is 0 Å². The first-order chi connectivity index (χ1) is 47.0. The number of hydrogen-bond donors (Lipinski definition) is 13. The lowest BCUT2D eigenvalue weighted by Gasteiger charge is -2.08. The van der Waals surface area contributed by atoms with Gasteiger partial charge in [-0.05, 0) is 140 Å². The van der Waals surface area contributed by atoms with Gasteiger partial charge in [-0.15, -0.1) is 0 Å². The molecule has 13 N–H and O–H groups in total. The Labute approximate surface area is 548 Å². The molecule has 23 heteroatoms. The van der Waals surface area contributed by atoms with E-state index in [1.807, 2.05) is 36.4 Å². The first kappa shape index (κ1) is 65.2. The molecule has 0 saturated heterocycles. The van der Waals surface area contributed by atoms with Gasteiger partial charge >= 0.3 is 0 Å². The summed E-state index contributed by atoms with van der Waals surface area (Å²) >= 11 is 0. The first-order valence-electron chi connectivity index (χ1n) is 28.9. The van der Waals surface area contributed by atoms with Gasteiger partial charge in [0.15, 0.2) is 50.6 Å². The fourth-order valence-electron chi connectivity index (χ4n) is 9.93. The van der Waals surface area contributed by atoms with Gasteiger partial charge in [-0.25, -0.2) is 0 Å². The first-order valence-corrected chi connectivity index (χ1v) is 28.9. The number of aromatic hydroxyl groups is 13. The molecule has 0 aliphatic heterocycles. The normalized spacial score (nSPS) is 10.8. The smallest absolute Gasteiger partial charge is 0.235 e. The second-order valence-corrected chi connectivity index (χ2v) is 21.3. The highest BCUT2D eigenvalue weighted by atomic mass is 16.4. The maximum Gasteiger partial charge on any atom is 0.235 e. The topological polar surface area (TPSA) is 414 Å². The number of phenols is 11. The van der Waals surface area contributed by atoms with Crippen LogP contribution in [0.4, 0.5) is 0 Å². The van der Waals surface area contributed by atoms with Crippen molar-refractivity contribution in [3.8, 4) is 131 Å². The molecule has 10 aromatic carbocycles. The van der Waals surface area contributed by atoms with Crippen LogP contribution in [0.25, 0.3) is 111 Å². The zero-order valence-corrected chi connectivity index (χ0v) is 50.3. The molecule has 15 aromatic rings. The quantitative estimate of drug-likeness (QED) is 0.0712. The van der Waals surface area contributed by atoms with Gasteiger partial charge in [0.1, 0.15) is 90.6 Å². The van der Waals surface area contributed by atoms with E-state index in [9.17, 15) is 90.4 Å². The molecular formula is C75H50O23. The molecule has 5 aromatic heterocycles. The molecule has 98 heavy (non-hydrogen) atoms. The highest BCUT2D eigenvalue weighted by Gasteiger charge is 2.22. The number of para-hydroxylation sites is 2. The van der Waals surface area contributed by atoms with Crippen molar-refractivity contribution < 1.29 is 88.5 Å². The Morgan fingerprint density at radius 3 is 1.35 bits per heavy atom. The van der Waals surface area contributed by atoms with Gasteiger partial charge in [0.05, 0.1) is 21.7 Å². The van der Waals surface area contributed by atoms with E-state index in [2.05, 4.69) is 0 Å². The number of benzene rings is 10. The molecule has 5 heterocycles. The minimum atomic E-state index is -0.745. The van der Waals surface area contributed by atoms with Gasteiger partial charge in [-0.3, -0.25) is 24.0 Å². The summed E-state index contributed by atoms with van der Waals surface area (Å²) in [6.45, 7) is 0. The second kappa shape index (κ2) is 27.5. The largest absolute Gasteiger partial charge is 0.508 e. The summed E-state index contributed by atoms with van der Waals surface area (Å²) in [6, 6.07) is 56.3. The molecule has 0 saturated carbocycles. The van der Waals surface area contributed by atoms with E-state index in [-0.39, 0.29) is 112 Å². The number of hydrogen-bond acceptors (Lipinski definition) is 23. The van der Waals surface area contributed by atoms with E-state index in [0.29, 0.717) is 45.0 Å². The maximum atomic E-state index is 12.1. The SMILES string of the molecule is O=c1c(O)c(-c2ccc(O)cc2)oc2c(O)c(O)ccc12.O=c1c(O)c(-c2cccc(O)c2O)oc2ccc(O)cc12.O=c1cc(-c2ccc(O)cc2)oc2cccc(O)c12.O=c1cc(-c2ccc(O)cc2)oc2ccccc12.O=c1cc(-c2ccccc2)oc2cc(O)cc(O)c12. The summed E-state index contributed by atoms with van der Waals surface area (Å²) in [5.41, 5.74) is 1.29. The summed E-state index contributed by atoms with van der Waals surface area (Å²) < 4.78 is 27.7. The third-order valence-electron chi connectivity index (χ3n) is 14.8. The van der Waals surface area contributed by atoms with Gasteiger partial charge in [0, 0.05) is 52.6 Å². The molecule has 0 atom stereocenters. The van der Waals surface area contributed by atoms with Crippen molar-refractivity contribution in [1.82, 2.24) is 0 Å². The van der Waals surface area contributed by atoms with Crippen LogP contribution in [0.3, 0.4) is 0 Å². The molecular weight excluding hydrogens is 1270 g/mol. The van der Waals surface area contributed by atoms with Crippen LogP contribution in [0.5, 0.6) is 74.7 Å². The standard InChI is InChI=1S/2C15H10O6.2C15H10O4.C15H10O3/c16-8-3-1-7(2-4-8)14-13(20)11(18)9-5-6-10(17)12(19)15(9)21-14;16-7-4-5-11-9(6-7)13(19)14(20)15(21-11)8-2-1-3-10(17)12(8)18;16-10-6-4-9(5-7-10)14-8-12(18)15-11(17)2-1-3-13(15)19-14;16-10-6-11(17)15-12(18)8-13(19-14(15)7-10)9-4-2-1-3-5-9;16-11-7-5-10(6-8-11)15-9-13(17)12-3-1-2-4-14(12)18-15/h1-6,16-17,19-20H;1-6,16-18,20H;2*1-8,16-17H;1-9,16H. The van der Waals surface area contributed by atoms with E-state index in [4.69, 9.17) is 22.1 Å². The van der Waals surface area contributed by atoms with Crippen LogP contribution < -0.4 is 27.1 Å². The average Bonchev–Trinajstić information content (AvgIpc) is 0.697. The zero-order valence-electron chi connectivity index (χ0n) is 50.3. The molecule has 0 spiro atoms. The number of rotatable bonds is 5. The fraction of sp³-hybridized carbons (Fsp3) is 0. The highest BCUT2D eigenvalue weighted by Crippen LogP contribution is 2.42. The zero-order chi connectivity index (χ0) is 69.6. The van der Waals surface area contributed by atoms with Crippen molar-refractivity contribution in [3.63, 3.8) is 0 Å². The second-order valence-electron chi connectivity index (χ2n) is 21.3. The lowest BCUT2D eigenvalue weighted by molar-refractivity contribution is 0.397. The van der Waals surface area contributed by atoms with Crippen LogP contribution in [0.1, 0.15) is 0 Å². The molecule has 0 amide bonds. The lowest BCUT2D eigenvalue weighted by atomic mass is 10.1. The van der Waals surface area contributed by atoms with Crippen LogP contribution in [0, 0.1) is 0 Å². The van der Waals surface area contributed by atoms with E-state index in [1.165, 1.54) is 109 Å². The molecule has 23 nitrogen and oxygen atoms in total. The summed E-state index contributed by atoms with van der Waals surface area (Å²) in [6.07, 6.45) is 0. The Bertz CT molecular complexity index is 5840. The van der Waals surface area contributed by atoms with Gasteiger partial charge in [0.25, 0.3) is 0 Å². The molecule has 0 aliphatic carbocycles. The third-order valence-corrected chi connectivity index (χ3v) is 14.8. The van der Waals surface area contributed by atoms with Crippen LogP contribution in [-0.4, -0.2) is 66.4 Å². The third kappa shape index (κ3) is 13.7. The summed E-state index contributed by atoms with van der Waals surface area (Å²) in [7, 11) is 0. The van der Waals surface area contributed by atoms with E-state index in [1.54, 1.807) is 66.7 Å². The van der Waals surface area contributed by atoms with Crippen LogP contribution >= 0.6 is 0 Å². The van der Waals surface area contributed by atoms with E-state index >= 15 is 0 Å². The lowest BCUT2D eigenvalue weighted by Crippen LogP contribution is -2.02. The van der Waals surface area contributed by atoms with Gasteiger partial charge in [-0.1, -0.05) is 54.6 Å². The van der Waals surface area contributed by atoms with Gasteiger partial charge in [0.2, 0.25) is 28.1 Å². The Morgan fingerprint density at radius 2 is 0.714 bits per heavy atom. The summed E-state index contributed by atoms with van der Waals surface area (Å²) in [5, 5.41) is 125. The van der Waals surface area contributed by atoms with Gasteiger partial charge < -0.3 is 88.5 Å². The molecule has 0 aliphatic rings. The van der Waals surface area contributed by atoms with Crippen LogP contribution in [-0.2, 0) is 0 Å². The molecule has 0 bridgehead atoms. The highest BCUT2D eigenvalue weighted by molar-refractivity contribution is 5.90. The fourth-order valence-corrected chi connectivity index (χ4v) is 9.93. The molecule has 15 rings (SSSR count). The van der Waals surface area contributed by atoms with Gasteiger partial charge in [-0.2, -0.15) is 0 Å². The molecule has 0 fully saturated rings. The minimum absolute atomic E-state index is 0.0101. The van der Waals surface area contributed by atoms with E-state index in [0.717, 1.165) is 23.3 Å². The Kier molecular flexibility index (Phi) is 18.3. The molecule has 488 valence electrons. The Hall–Kier alpha value is -14.4.